The van der Waals surface area contributed by atoms with E-state index in [1.165, 1.54) is 18.6 Å². The smallest absolute Gasteiger partial charge is 0.226 e. The van der Waals surface area contributed by atoms with Gasteiger partial charge in [-0.3, -0.25) is 24.8 Å². The first-order chi connectivity index (χ1) is 18.0. The molecule has 0 aromatic carbocycles. The van der Waals surface area contributed by atoms with Gasteiger partial charge in [0.25, 0.3) is 0 Å². The lowest BCUT2D eigenvalue weighted by atomic mass is 10.1. The predicted octanol–water partition coefficient (Wildman–Crippen LogP) is 4.75. The summed E-state index contributed by atoms with van der Waals surface area (Å²) in [6.45, 7) is 3.58. The van der Waals surface area contributed by atoms with E-state index in [1.54, 1.807) is 44.6 Å². The molecule has 0 aliphatic carbocycles. The molecule has 0 saturated carbocycles. The lowest BCUT2D eigenvalue weighted by Gasteiger charge is -2.09. The lowest BCUT2D eigenvalue weighted by molar-refractivity contribution is -0.118. The number of hydrogen-bond donors (Lipinski definition) is 3. The SMILES string of the molecule is CC(C)C(=O)Nc1cncc(-c2cnc3[nH]nc(-c4nc5c(-c6cccnc6)nccc5[nH]4)c3c2F)c1. The van der Waals surface area contributed by atoms with Crippen molar-refractivity contribution in [2.75, 3.05) is 5.32 Å². The molecule has 6 aromatic rings. The fraction of sp³-hybridized carbons (Fsp3) is 0.115. The standard InChI is InChI=1S/C26H20FN9O/c1-13(2)26(37)32-16-8-15(10-29-11-16)17-12-31-24-19(20(17)27)23(35-36-24)25-33-18-5-7-30-21(22(18)34-25)14-4-3-6-28-9-14/h3-13H,1-2H3,(H,32,37)(H,33,34)(H,31,35,36). The van der Waals surface area contributed by atoms with E-state index in [4.69, 9.17) is 4.98 Å². The Bertz CT molecular complexity index is 1780. The Morgan fingerprint density at radius 1 is 1.00 bits per heavy atom. The second kappa shape index (κ2) is 8.86. The number of rotatable bonds is 5. The zero-order chi connectivity index (χ0) is 25.5. The number of hydrogen-bond acceptors (Lipinski definition) is 7. The summed E-state index contributed by atoms with van der Waals surface area (Å²) in [5, 5.41) is 10.1. The molecule has 0 aliphatic heterocycles. The number of halogens is 1. The largest absolute Gasteiger partial charge is 0.336 e. The minimum absolute atomic E-state index is 0.157. The van der Waals surface area contributed by atoms with Gasteiger partial charge in [0.05, 0.1) is 28.5 Å². The van der Waals surface area contributed by atoms with Crippen LogP contribution in [0.2, 0.25) is 0 Å². The molecule has 0 saturated heterocycles. The molecule has 11 heteroatoms. The number of nitrogens with one attached hydrogen (secondary N) is 3. The molecule has 182 valence electrons. The number of pyridine rings is 4. The van der Waals surface area contributed by atoms with Crippen LogP contribution in [0.4, 0.5) is 10.1 Å². The van der Waals surface area contributed by atoms with Crippen LogP contribution in [0.1, 0.15) is 13.8 Å². The summed E-state index contributed by atoms with van der Waals surface area (Å²) >= 11 is 0. The van der Waals surface area contributed by atoms with Crippen LogP contribution in [0, 0.1) is 11.7 Å². The van der Waals surface area contributed by atoms with Gasteiger partial charge in [-0.05, 0) is 24.3 Å². The van der Waals surface area contributed by atoms with Crippen molar-refractivity contribution in [3.8, 4) is 33.9 Å². The van der Waals surface area contributed by atoms with Gasteiger partial charge in [-0.1, -0.05) is 13.8 Å². The first-order valence-electron chi connectivity index (χ1n) is 11.5. The summed E-state index contributed by atoms with van der Waals surface area (Å²) < 4.78 is 16.0. The van der Waals surface area contributed by atoms with E-state index in [0.29, 0.717) is 28.3 Å². The van der Waals surface area contributed by atoms with Crippen LogP contribution in [0.5, 0.6) is 0 Å². The number of aromatic nitrogens is 8. The molecule has 0 spiro atoms. The highest BCUT2D eigenvalue weighted by Gasteiger charge is 2.22. The third-order valence-electron chi connectivity index (χ3n) is 5.93. The van der Waals surface area contributed by atoms with E-state index >= 15 is 4.39 Å². The maximum atomic E-state index is 16.0. The molecule has 37 heavy (non-hydrogen) atoms. The fourth-order valence-corrected chi connectivity index (χ4v) is 4.03. The summed E-state index contributed by atoms with van der Waals surface area (Å²) in [6.07, 6.45) is 9.51. The van der Waals surface area contributed by atoms with Crippen LogP contribution in [-0.4, -0.2) is 46.0 Å². The van der Waals surface area contributed by atoms with Crippen LogP contribution in [0.15, 0.2) is 61.4 Å². The van der Waals surface area contributed by atoms with E-state index in [-0.39, 0.29) is 34.1 Å². The van der Waals surface area contributed by atoms with Gasteiger partial charge in [0.15, 0.2) is 11.5 Å². The summed E-state index contributed by atoms with van der Waals surface area (Å²) in [5.41, 5.74) is 4.52. The van der Waals surface area contributed by atoms with Gasteiger partial charge in [-0.2, -0.15) is 5.10 Å². The Morgan fingerprint density at radius 3 is 2.68 bits per heavy atom. The zero-order valence-electron chi connectivity index (χ0n) is 19.8. The Hall–Kier alpha value is -5.06. The molecule has 10 nitrogen and oxygen atoms in total. The first kappa shape index (κ1) is 22.4. The minimum atomic E-state index is -0.533. The molecule has 6 rings (SSSR count). The highest BCUT2D eigenvalue weighted by atomic mass is 19.1. The van der Waals surface area contributed by atoms with Crippen molar-refractivity contribution in [3.63, 3.8) is 0 Å². The van der Waals surface area contributed by atoms with E-state index in [1.807, 2.05) is 12.1 Å². The van der Waals surface area contributed by atoms with Crippen LogP contribution in [0.3, 0.4) is 0 Å². The molecule has 0 bridgehead atoms. The summed E-state index contributed by atoms with van der Waals surface area (Å²) in [4.78, 5) is 37.2. The molecule has 3 N–H and O–H groups in total. The van der Waals surface area contributed by atoms with E-state index in [2.05, 4.69) is 40.4 Å². The van der Waals surface area contributed by atoms with Crippen molar-refractivity contribution in [1.29, 1.82) is 0 Å². The van der Waals surface area contributed by atoms with Crippen molar-refractivity contribution in [3.05, 3.63) is 67.3 Å². The van der Waals surface area contributed by atoms with Crippen molar-refractivity contribution in [2.24, 2.45) is 5.92 Å². The van der Waals surface area contributed by atoms with Crippen molar-refractivity contribution in [1.82, 2.24) is 40.1 Å². The third kappa shape index (κ3) is 3.96. The Balaban J connectivity index is 1.45. The van der Waals surface area contributed by atoms with E-state index in [9.17, 15) is 4.79 Å². The summed E-state index contributed by atoms with van der Waals surface area (Å²) in [7, 11) is 0. The normalized spacial score (nSPS) is 11.5. The summed E-state index contributed by atoms with van der Waals surface area (Å²) in [6, 6.07) is 7.18. The Morgan fingerprint density at radius 2 is 1.86 bits per heavy atom. The van der Waals surface area contributed by atoms with Gasteiger partial charge < -0.3 is 10.3 Å². The maximum absolute atomic E-state index is 16.0. The summed E-state index contributed by atoms with van der Waals surface area (Å²) in [5.74, 6) is -0.526. The quantitative estimate of drug-likeness (QED) is 0.315. The minimum Gasteiger partial charge on any atom is -0.336 e. The third-order valence-corrected chi connectivity index (χ3v) is 5.93. The molecule has 6 heterocycles. The fourth-order valence-electron chi connectivity index (χ4n) is 4.03. The van der Waals surface area contributed by atoms with Gasteiger partial charge in [0.1, 0.15) is 17.0 Å². The predicted molar refractivity (Wildman–Crippen MR) is 137 cm³/mol. The molecule has 1 amide bonds. The molecular weight excluding hydrogens is 473 g/mol. The van der Waals surface area contributed by atoms with Crippen LogP contribution >= 0.6 is 0 Å². The average Bonchev–Trinajstić information content (AvgIpc) is 3.54. The number of imidazole rings is 1. The Kier molecular flexibility index (Phi) is 5.37. The van der Waals surface area contributed by atoms with Crippen LogP contribution in [-0.2, 0) is 4.79 Å². The average molecular weight is 494 g/mol. The zero-order valence-corrected chi connectivity index (χ0v) is 19.8. The first-order valence-corrected chi connectivity index (χ1v) is 11.5. The van der Waals surface area contributed by atoms with E-state index in [0.717, 1.165) is 11.1 Å². The molecule has 0 fully saturated rings. The maximum Gasteiger partial charge on any atom is 0.226 e. The molecule has 0 unspecified atom stereocenters. The monoisotopic (exact) mass is 493 g/mol. The van der Waals surface area contributed by atoms with Crippen molar-refractivity contribution < 1.29 is 9.18 Å². The van der Waals surface area contributed by atoms with Crippen LogP contribution in [0.25, 0.3) is 56.0 Å². The number of carbonyl (C=O) groups is 1. The molecule has 0 radical (unpaired) electrons. The lowest BCUT2D eigenvalue weighted by Crippen LogP contribution is -2.17. The number of fused-ring (bicyclic) bond motifs is 2. The molecular formula is C26H20FN9O. The number of H-pyrrole nitrogens is 2. The highest BCUT2D eigenvalue weighted by Crippen LogP contribution is 2.34. The topological polar surface area (TPSA) is 138 Å². The van der Waals surface area contributed by atoms with Crippen LogP contribution < -0.4 is 5.32 Å². The number of aromatic amines is 2. The molecule has 0 aliphatic rings. The number of carbonyl (C=O) groups excluding carboxylic acids is 1. The molecule has 0 atom stereocenters. The van der Waals surface area contributed by atoms with Gasteiger partial charge in [-0.25, -0.2) is 14.4 Å². The highest BCUT2D eigenvalue weighted by molar-refractivity contribution is 5.97. The van der Waals surface area contributed by atoms with Gasteiger partial charge in [-0.15, -0.1) is 0 Å². The van der Waals surface area contributed by atoms with E-state index < -0.39 is 5.82 Å². The number of nitrogens with zero attached hydrogens (tertiary/aromatic N) is 6. The molecule has 6 aromatic heterocycles. The number of anilines is 1. The Labute approximate surface area is 209 Å². The second-order valence-electron chi connectivity index (χ2n) is 8.77. The van der Waals surface area contributed by atoms with Gasteiger partial charge in [0, 0.05) is 53.6 Å². The van der Waals surface area contributed by atoms with Gasteiger partial charge in [0.2, 0.25) is 5.91 Å². The van der Waals surface area contributed by atoms with Gasteiger partial charge >= 0.3 is 0 Å². The van der Waals surface area contributed by atoms with Crippen molar-refractivity contribution >= 4 is 33.7 Å². The number of amides is 1. The second-order valence-corrected chi connectivity index (χ2v) is 8.77. The van der Waals surface area contributed by atoms with Crippen molar-refractivity contribution in [2.45, 2.75) is 13.8 Å².